The Hall–Kier alpha value is -0.800. The van der Waals surface area contributed by atoms with Crippen molar-refractivity contribution in [2.45, 2.75) is 31.3 Å². The molecule has 0 fully saturated rings. The minimum absolute atomic E-state index is 0.426. The maximum Gasteiger partial charge on any atom is 0.153 e. The van der Waals surface area contributed by atoms with E-state index >= 15 is 0 Å². The molecule has 0 saturated carbocycles. The van der Waals surface area contributed by atoms with Gasteiger partial charge in [0.2, 0.25) is 0 Å². The van der Waals surface area contributed by atoms with E-state index in [2.05, 4.69) is 13.8 Å². The summed E-state index contributed by atoms with van der Waals surface area (Å²) in [5, 5.41) is 0. The molecule has 0 aliphatic heterocycles. The summed E-state index contributed by atoms with van der Waals surface area (Å²) in [5.74, 6) is 0.598. The monoisotopic (exact) mass is 252 g/mol. The highest BCUT2D eigenvalue weighted by Gasteiger charge is 2.10. The first-order chi connectivity index (χ1) is 8.17. The molecular formula is C14H20O2S. The predicted molar refractivity (Wildman–Crippen MR) is 72.4 cm³/mol. The SMILES string of the molecule is CSc1ccc(C(C=O)OCCC(C)C)cc1. The predicted octanol–water partition coefficient (Wildman–Crippen LogP) is 3.71. The molecule has 1 atom stereocenters. The molecule has 17 heavy (non-hydrogen) atoms. The molecule has 1 aromatic rings. The van der Waals surface area contributed by atoms with Crippen LogP contribution in [-0.2, 0) is 9.53 Å². The number of benzene rings is 1. The number of rotatable bonds is 7. The molecule has 0 aliphatic carbocycles. The van der Waals surface area contributed by atoms with E-state index in [1.165, 1.54) is 4.90 Å². The summed E-state index contributed by atoms with van der Waals surface area (Å²) < 4.78 is 5.59. The highest BCUT2D eigenvalue weighted by Crippen LogP contribution is 2.20. The lowest BCUT2D eigenvalue weighted by atomic mass is 10.1. The second kappa shape index (κ2) is 7.51. The van der Waals surface area contributed by atoms with Crippen molar-refractivity contribution in [1.29, 1.82) is 0 Å². The fourth-order valence-corrected chi connectivity index (χ4v) is 1.85. The molecule has 0 aromatic heterocycles. The lowest BCUT2D eigenvalue weighted by Crippen LogP contribution is -2.08. The molecule has 94 valence electrons. The third-order valence-corrected chi connectivity index (χ3v) is 3.30. The second-order valence-electron chi connectivity index (χ2n) is 4.38. The zero-order valence-corrected chi connectivity index (χ0v) is 11.5. The largest absolute Gasteiger partial charge is 0.366 e. The first kappa shape index (κ1) is 14.3. The van der Waals surface area contributed by atoms with Crippen molar-refractivity contribution in [3.05, 3.63) is 29.8 Å². The Morgan fingerprint density at radius 1 is 1.29 bits per heavy atom. The van der Waals surface area contributed by atoms with Gasteiger partial charge in [-0.25, -0.2) is 0 Å². The average molecular weight is 252 g/mol. The van der Waals surface area contributed by atoms with Crippen molar-refractivity contribution in [2.75, 3.05) is 12.9 Å². The van der Waals surface area contributed by atoms with E-state index in [9.17, 15) is 4.79 Å². The fraction of sp³-hybridized carbons (Fsp3) is 0.500. The standard InChI is InChI=1S/C14H20O2S/c1-11(2)8-9-16-14(10-15)12-4-6-13(17-3)7-5-12/h4-7,10-11,14H,8-9H2,1-3H3. The van der Waals surface area contributed by atoms with E-state index in [4.69, 9.17) is 4.74 Å². The van der Waals surface area contributed by atoms with Crippen LogP contribution in [0.1, 0.15) is 31.9 Å². The normalized spacial score (nSPS) is 12.7. The summed E-state index contributed by atoms with van der Waals surface area (Å²) >= 11 is 1.69. The van der Waals surface area contributed by atoms with Crippen LogP contribution >= 0.6 is 11.8 Å². The fourth-order valence-electron chi connectivity index (χ4n) is 1.44. The number of hydrogen-bond acceptors (Lipinski definition) is 3. The number of thioether (sulfide) groups is 1. The van der Waals surface area contributed by atoms with Gasteiger partial charge in [0.1, 0.15) is 6.10 Å². The summed E-state index contributed by atoms with van der Waals surface area (Å²) in [5.41, 5.74) is 0.932. The van der Waals surface area contributed by atoms with Crippen molar-refractivity contribution in [3.8, 4) is 0 Å². The summed E-state index contributed by atoms with van der Waals surface area (Å²) in [4.78, 5) is 12.2. The van der Waals surface area contributed by atoms with Gasteiger partial charge in [-0.15, -0.1) is 11.8 Å². The van der Waals surface area contributed by atoms with Crippen LogP contribution in [0.3, 0.4) is 0 Å². The molecule has 0 radical (unpaired) electrons. The zero-order chi connectivity index (χ0) is 12.7. The molecule has 0 bridgehead atoms. The van der Waals surface area contributed by atoms with E-state index in [-0.39, 0.29) is 0 Å². The molecule has 0 N–H and O–H groups in total. The number of carbonyl (C=O) groups is 1. The smallest absolute Gasteiger partial charge is 0.153 e. The maximum atomic E-state index is 11.0. The molecule has 3 heteroatoms. The molecule has 1 rings (SSSR count). The molecule has 0 spiro atoms. The lowest BCUT2D eigenvalue weighted by Gasteiger charge is -2.13. The van der Waals surface area contributed by atoms with Crippen LogP contribution in [0.15, 0.2) is 29.2 Å². The molecule has 1 unspecified atom stereocenters. The Labute approximate surface area is 108 Å². The highest BCUT2D eigenvalue weighted by molar-refractivity contribution is 7.98. The van der Waals surface area contributed by atoms with Crippen LogP contribution < -0.4 is 0 Å². The van der Waals surface area contributed by atoms with Gasteiger partial charge in [-0.05, 0) is 36.3 Å². The summed E-state index contributed by atoms with van der Waals surface area (Å²) in [6.07, 6.45) is 3.46. The van der Waals surface area contributed by atoms with E-state index in [1.807, 2.05) is 30.5 Å². The van der Waals surface area contributed by atoms with Gasteiger partial charge in [-0.2, -0.15) is 0 Å². The highest BCUT2D eigenvalue weighted by atomic mass is 32.2. The molecule has 0 heterocycles. The van der Waals surface area contributed by atoms with Crippen molar-refractivity contribution in [1.82, 2.24) is 0 Å². The van der Waals surface area contributed by atoms with Gasteiger partial charge in [-0.1, -0.05) is 26.0 Å². The van der Waals surface area contributed by atoms with Crippen LogP contribution in [0.25, 0.3) is 0 Å². The van der Waals surface area contributed by atoms with Gasteiger partial charge < -0.3 is 9.53 Å². The topological polar surface area (TPSA) is 26.3 Å². The molecular weight excluding hydrogens is 232 g/mol. The van der Waals surface area contributed by atoms with Crippen LogP contribution in [0.2, 0.25) is 0 Å². The minimum atomic E-state index is -0.426. The van der Waals surface area contributed by atoms with E-state index in [1.54, 1.807) is 11.8 Å². The minimum Gasteiger partial charge on any atom is -0.366 e. The van der Waals surface area contributed by atoms with E-state index in [0.29, 0.717) is 12.5 Å². The van der Waals surface area contributed by atoms with Gasteiger partial charge in [0.05, 0.1) is 0 Å². The van der Waals surface area contributed by atoms with Gasteiger partial charge >= 0.3 is 0 Å². The van der Waals surface area contributed by atoms with Gasteiger partial charge in [0, 0.05) is 11.5 Å². The average Bonchev–Trinajstić information content (AvgIpc) is 2.34. The second-order valence-corrected chi connectivity index (χ2v) is 5.26. The Balaban J connectivity index is 2.56. The van der Waals surface area contributed by atoms with Crippen LogP contribution in [0.5, 0.6) is 0 Å². The number of aldehydes is 1. The lowest BCUT2D eigenvalue weighted by molar-refractivity contribution is -0.118. The summed E-state index contributed by atoms with van der Waals surface area (Å²) in [7, 11) is 0. The van der Waals surface area contributed by atoms with E-state index in [0.717, 1.165) is 18.3 Å². The van der Waals surface area contributed by atoms with Crippen LogP contribution in [-0.4, -0.2) is 19.1 Å². The zero-order valence-electron chi connectivity index (χ0n) is 10.7. The van der Waals surface area contributed by atoms with Crippen molar-refractivity contribution in [3.63, 3.8) is 0 Å². The molecule has 0 amide bonds. The van der Waals surface area contributed by atoms with Crippen molar-refractivity contribution < 1.29 is 9.53 Å². The maximum absolute atomic E-state index is 11.0. The molecule has 1 aromatic carbocycles. The Kier molecular flexibility index (Phi) is 6.30. The molecule has 0 aliphatic rings. The number of ether oxygens (including phenoxy) is 1. The number of hydrogen-bond donors (Lipinski definition) is 0. The quantitative estimate of drug-likeness (QED) is 0.546. The number of carbonyl (C=O) groups excluding carboxylic acids is 1. The first-order valence-corrected chi connectivity index (χ1v) is 7.10. The van der Waals surface area contributed by atoms with Crippen LogP contribution in [0.4, 0.5) is 0 Å². The van der Waals surface area contributed by atoms with E-state index < -0.39 is 6.10 Å². The Bertz CT molecular complexity index is 333. The summed E-state index contributed by atoms with van der Waals surface area (Å²) in [6, 6.07) is 7.95. The van der Waals surface area contributed by atoms with Crippen molar-refractivity contribution >= 4 is 18.0 Å². The van der Waals surface area contributed by atoms with Crippen LogP contribution in [0, 0.1) is 5.92 Å². The first-order valence-electron chi connectivity index (χ1n) is 5.88. The van der Waals surface area contributed by atoms with Gasteiger partial charge in [0.25, 0.3) is 0 Å². The Morgan fingerprint density at radius 3 is 2.41 bits per heavy atom. The van der Waals surface area contributed by atoms with Crippen molar-refractivity contribution in [2.24, 2.45) is 5.92 Å². The summed E-state index contributed by atoms with van der Waals surface area (Å²) in [6.45, 7) is 4.92. The third-order valence-electron chi connectivity index (χ3n) is 2.56. The Morgan fingerprint density at radius 2 is 1.94 bits per heavy atom. The van der Waals surface area contributed by atoms with Gasteiger partial charge in [-0.3, -0.25) is 0 Å². The third kappa shape index (κ3) is 4.92. The molecule has 2 nitrogen and oxygen atoms in total. The molecule has 0 saturated heterocycles. The van der Waals surface area contributed by atoms with Gasteiger partial charge in [0.15, 0.2) is 6.29 Å².